The first-order valence-corrected chi connectivity index (χ1v) is 8.47. The van der Waals surface area contributed by atoms with Crippen LogP contribution in [-0.2, 0) is 4.79 Å². The van der Waals surface area contributed by atoms with Gasteiger partial charge in [0.15, 0.2) is 0 Å². The second-order valence-electron chi connectivity index (χ2n) is 5.46. The smallest absolute Gasteiger partial charge is 0.234 e. The molecule has 116 valence electrons. The number of benzene rings is 2. The van der Waals surface area contributed by atoms with Crippen LogP contribution in [-0.4, -0.2) is 16.6 Å². The van der Waals surface area contributed by atoms with Gasteiger partial charge >= 0.3 is 0 Å². The number of carbonyl (C=O) groups excluding carboxylic acids is 1. The van der Waals surface area contributed by atoms with Gasteiger partial charge in [0.05, 0.1) is 11.3 Å². The molecule has 1 amide bonds. The summed E-state index contributed by atoms with van der Waals surface area (Å²) in [5.41, 5.74) is 4.07. The number of hydrogen-bond donors (Lipinski definition) is 1. The van der Waals surface area contributed by atoms with Crippen molar-refractivity contribution in [1.29, 1.82) is 0 Å². The lowest BCUT2D eigenvalue weighted by atomic mass is 10.1. The molecule has 1 heterocycles. The van der Waals surface area contributed by atoms with Crippen molar-refractivity contribution in [2.24, 2.45) is 0 Å². The zero-order chi connectivity index (χ0) is 16.2. The third kappa shape index (κ3) is 3.71. The maximum Gasteiger partial charge on any atom is 0.234 e. The summed E-state index contributed by atoms with van der Waals surface area (Å²) in [4.78, 5) is 16.8. The number of fused-ring (bicyclic) bond motifs is 1. The fourth-order valence-electron chi connectivity index (χ4n) is 2.43. The van der Waals surface area contributed by atoms with Crippen molar-refractivity contribution in [3.05, 3.63) is 65.7 Å². The van der Waals surface area contributed by atoms with Crippen molar-refractivity contribution in [3.8, 4) is 0 Å². The summed E-state index contributed by atoms with van der Waals surface area (Å²) < 4.78 is 0. The van der Waals surface area contributed by atoms with E-state index in [2.05, 4.69) is 30.4 Å². The minimum Gasteiger partial charge on any atom is -0.325 e. The van der Waals surface area contributed by atoms with Crippen LogP contribution in [0.3, 0.4) is 0 Å². The van der Waals surface area contributed by atoms with Crippen LogP contribution in [0.1, 0.15) is 11.1 Å². The number of carbonyl (C=O) groups is 1. The van der Waals surface area contributed by atoms with Crippen molar-refractivity contribution in [1.82, 2.24) is 4.98 Å². The van der Waals surface area contributed by atoms with E-state index in [9.17, 15) is 4.79 Å². The first kappa shape index (κ1) is 15.6. The average molecular weight is 322 g/mol. The highest BCUT2D eigenvalue weighted by molar-refractivity contribution is 8.00. The molecule has 1 N–H and O–H groups in total. The van der Waals surface area contributed by atoms with Gasteiger partial charge in [0.1, 0.15) is 5.03 Å². The largest absolute Gasteiger partial charge is 0.325 e. The summed E-state index contributed by atoms with van der Waals surface area (Å²) in [5.74, 6) is 0.326. The predicted molar refractivity (Wildman–Crippen MR) is 97.0 cm³/mol. The number of anilines is 1. The summed E-state index contributed by atoms with van der Waals surface area (Å²) >= 11 is 1.47. The Bertz CT molecular complexity index is 847. The number of para-hydroxylation sites is 2. The molecular formula is C19H18N2OS. The van der Waals surface area contributed by atoms with Crippen LogP contribution in [0.4, 0.5) is 5.69 Å². The Morgan fingerprint density at radius 2 is 1.83 bits per heavy atom. The average Bonchev–Trinajstić information content (AvgIpc) is 2.54. The molecule has 0 aliphatic carbocycles. The van der Waals surface area contributed by atoms with Crippen molar-refractivity contribution >= 4 is 34.3 Å². The van der Waals surface area contributed by atoms with E-state index in [-0.39, 0.29) is 5.91 Å². The highest BCUT2D eigenvalue weighted by Crippen LogP contribution is 2.26. The molecule has 3 nitrogen and oxygen atoms in total. The minimum absolute atomic E-state index is 0.0210. The van der Waals surface area contributed by atoms with Gasteiger partial charge in [-0.2, -0.15) is 0 Å². The van der Waals surface area contributed by atoms with Gasteiger partial charge < -0.3 is 5.32 Å². The lowest BCUT2D eigenvalue weighted by Crippen LogP contribution is -2.14. The zero-order valence-corrected chi connectivity index (χ0v) is 14.0. The van der Waals surface area contributed by atoms with Gasteiger partial charge in [-0.1, -0.05) is 48.2 Å². The number of thioether (sulfide) groups is 1. The highest BCUT2D eigenvalue weighted by Gasteiger charge is 2.09. The molecule has 0 radical (unpaired) electrons. The standard InChI is InChI=1S/C19H18N2OS/c1-13-7-6-8-15-11-14(2)19(21-18(13)15)23-12-17(22)20-16-9-4-3-5-10-16/h3-11H,12H2,1-2H3,(H,20,22). The highest BCUT2D eigenvalue weighted by atomic mass is 32.2. The van der Waals surface area contributed by atoms with Crippen LogP contribution in [0.15, 0.2) is 59.6 Å². The van der Waals surface area contributed by atoms with Crippen molar-refractivity contribution in [2.45, 2.75) is 18.9 Å². The third-order valence-corrected chi connectivity index (χ3v) is 4.68. The number of nitrogens with zero attached hydrogens (tertiary/aromatic N) is 1. The maximum atomic E-state index is 12.1. The van der Waals surface area contributed by atoms with E-state index < -0.39 is 0 Å². The van der Waals surface area contributed by atoms with E-state index in [0.717, 1.165) is 32.7 Å². The van der Waals surface area contributed by atoms with Gasteiger partial charge in [-0.15, -0.1) is 0 Å². The molecule has 0 unspecified atom stereocenters. The first-order chi connectivity index (χ1) is 11.1. The molecule has 0 aliphatic heterocycles. The van der Waals surface area contributed by atoms with Crippen molar-refractivity contribution in [2.75, 3.05) is 11.1 Å². The lowest BCUT2D eigenvalue weighted by molar-refractivity contribution is -0.113. The van der Waals surface area contributed by atoms with E-state index >= 15 is 0 Å². The van der Waals surface area contributed by atoms with E-state index in [1.807, 2.05) is 43.3 Å². The molecule has 0 saturated heterocycles. The Labute approximate surface area is 140 Å². The van der Waals surface area contributed by atoms with E-state index in [4.69, 9.17) is 4.98 Å². The molecule has 0 spiro atoms. The number of aryl methyl sites for hydroxylation is 2. The summed E-state index contributed by atoms with van der Waals surface area (Å²) in [6.45, 7) is 4.09. The van der Waals surface area contributed by atoms with Gasteiger partial charge in [-0.05, 0) is 43.2 Å². The summed E-state index contributed by atoms with van der Waals surface area (Å²) in [6.07, 6.45) is 0. The zero-order valence-electron chi connectivity index (χ0n) is 13.2. The third-order valence-electron chi connectivity index (χ3n) is 3.59. The quantitative estimate of drug-likeness (QED) is 0.715. The molecule has 0 atom stereocenters. The molecule has 3 rings (SSSR count). The van der Waals surface area contributed by atoms with E-state index in [0.29, 0.717) is 5.75 Å². The molecule has 4 heteroatoms. The Hall–Kier alpha value is -2.33. The molecule has 0 saturated carbocycles. The van der Waals surface area contributed by atoms with Gasteiger partial charge in [0.25, 0.3) is 0 Å². The van der Waals surface area contributed by atoms with Crippen LogP contribution in [0, 0.1) is 13.8 Å². The number of aromatic nitrogens is 1. The van der Waals surface area contributed by atoms with Crippen LogP contribution >= 0.6 is 11.8 Å². The lowest BCUT2D eigenvalue weighted by Gasteiger charge is -2.09. The monoisotopic (exact) mass is 322 g/mol. The van der Waals surface area contributed by atoms with Crippen molar-refractivity contribution < 1.29 is 4.79 Å². The Morgan fingerprint density at radius 3 is 2.61 bits per heavy atom. The van der Waals surface area contributed by atoms with Gasteiger partial charge in [0.2, 0.25) is 5.91 Å². The molecule has 0 aliphatic rings. The van der Waals surface area contributed by atoms with E-state index in [1.165, 1.54) is 11.8 Å². The number of nitrogens with one attached hydrogen (secondary N) is 1. The molecule has 2 aromatic carbocycles. The van der Waals surface area contributed by atoms with Crippen LogP contribution in [0.2, 0.25) is 0 Å². The number of hydrogen-bond acceptors (Lipinski definition) is 3. The van der Waals surface area contributed by atoms with Gasteiger partial charge in [0, 0.05) is 11.1 Å². The molecule has 1 aromatic heterocycles. The molecule has 23 heavy (non-hydrogen) atoms. The first-order valence-electron chi connectivity index (χ1n) is 7.48. The van der Waals surface area contributed by atoms with Crippen LogP contribution in [0.25, 0.3) is 10.9 Å². The SMILES string of the molecule is Cc1cc2cccc(C)c2nc1SCC(=O)Nc1ccccc1. The minimum atomic E-state index is -0.0210. The van der Waals surface area contributed by atoms with Crippen LogP contribution < -0.4 is 5.32 Å². The summed E-state index contributed by atoms with van der Waals surface area (Å²) in [7, 11) is 0. The maximum absolute atomic E-state index is 12.1. The van der Waals surface area contributed by atoms with Crippen LogP contribution in [0.5, 0.6) is 0 Å². The number of rotatable bonds is 4. The fourth-order valence-corrected chi connectivity index (χ4v) is 3.22. The second-order valence-corrected chi connectivity index (χ2v) is 6.42. The summed E-state index contributed by atoms with van der Waals surface area (Å²) in [5, 5.41) is 4.94. The molecule has 3 aromatic rings. The normalized spacial score (nSPS) is 10.7. The van der Waals surface area contributed by atoms with Gasteiger partial charge in [-0.25, -0.2) is 4.98 Å². The fraction of sp³-hybridized carbons (Fsp3) is 0.158. The topological polar surface area (TPSA) is 42.0 Å². The number of amides is 1. The van der Waals surface area contributed by atoms with Gasteiger partial charge in [-0.3, -0.25) is 4.79 Å². The summed E-state index contributed by atoms with van der Waals surface area (Å²) in [6, 6.07) is 17.8. The molecular weight excluding hydrogens is 304 g/mol. The van der Waals surface area contributed by atoms with E-state index in [1.54, 1.807) is 0 Å². The Morgan fingerprint density at radius 1 is 1.04 bits per heavy atom. The Kier molecular flexibility index (Phi) is 4.63. The predicted octanol–water partition coefficient (Wildman–Crippen LogP) is 4.58. The number of pyridine rings is 1. The second kappa shape index (κ2) is 6.84. The molecule has 0 fully saturated rings. The van der Waals surface area contributed by atoms with Crippen molar-refractivity contribution in [3.63, 3.8) is 0 Å². The molecule has 0 bridgehead atoms. The Balaban J connectivity index is 1.73.